The zero-order valence-corrected chi connectivity index (χ0v) is 19.5. The van der Waals surface area contributed by atoms with Gasteiger partial charge in [0.2, 0.25) is 5.91 Å². The van der Waals surface area contributed by atoms with Gasteiger partial charge < -0.3 is 10.6 Å². The van der Waals surface area contributed by atoms with Crippen molar-refractivity contribution in [3.05, 3.63) is 77.1 Å². The molecule has 6 nitrogen and oxygen atoms in total. The molecule has 0 aliphatic heterocycles. The molecule has 3 unspecified atom stereocenters. The van der Waals surface area contributed by atoms with Crippen LogP contribution in [-0.2, 0) is 11.3 Å². The van der Waals surface area contributed by atoms with E-state index in [4.69, 9.17) is 5.26 Å². The summed E-state index contributed by atoms with van der Waals surface area (Å²) in [6.45, 7) is 7.54. The Hall–Kier alpha value is -3.46. The average molecular weight is 445 g/mol. The largest absolute Gasteiger partial charge is 0.352 e. The van der Waals surface area contributed by atoms with Crippen molar-refractivity contribution in [1.82, 2.24) is 15.6 Å². The van der Waals surface area contributed by atoms with E-state index in [1.54, 1.807) is 36.7 Å². The van der Waals surface area contributed by atoms with Gasteiger partial charge in [0.1, 0.15) is 0 Å². The van der Waals surface area contributed by atoms with Crippen LogP contribution < -0.4 is 10.6 Å². The Morgan fingerprint density at radius 3 is 2.45 bits per heavy atom. The molecular weight excluding hydrogens is 412 g/mol. The van der Waals surface area contributed by atoms with Crippen molar-refractivity contribution in [2.24, 2.45) is 23.7 Å². The number of nitriles is 1. The van der Waals surface area contributed by atoms with Crippen LogP contribution in [0, 0.1) is 35.0 Å². The summed E-state index contributed by atoms with van der Waals surface area (Å²) in [5, 5.41) is 15.0. The topological polar surface area (TPSA) is 94.9 Å². The van der Waals surface area contributed by atoms with Crippen molar-refractivity contribution in [3.63, 3.8) is 0 Å². The van der Waals surface area contributed by atoms with Gasteiger partial charge in [-0.2, -0.15) is 5.26 Å². The number of allylic oxidation sites excluding steroid dienone is 1. The lowest BCUT2D eigenvalue weighted by atomic mass is 9.69. The van der Waals surface area contributed by atoms with Crippen LogP contribution in [0.25, 0.3) is 0 Å². The fourth-order valence-electron chi connectivity index (χ4n) is 4.52. The monoisotopic (exact) mass is 444 g/mol. The Bertz CT molecular complexity index is 1020. The molecule has 172 valence electrons. The Labute approximate surface area is 196 Å². The summed E-state index contributed by atoms with van der Waals surface area (Å²) in [5.74, 6) is 1.22. The molecule has 2 amide bonds. The van der Waals surface area contributed by atoms with Gasteiger partial charge in [-0.15, -0.1) is 0 Å². The van der Waals surface area contributed by atoms with Crippen LogP contribution in [0.4, 0.5) is 0 Å². The minimum absolute atomic E-state index is 0.0315. The molecule has 0 saturated carbocycles. The van der Waals surface area contributed by atoms with Crippen molar-refractivity contribution >= 4 is 11.8 Å². The summed E-state index contributed by atoms with van der Waals surface area (Å²) in [7, 11) is 0. The van der Waals surface area contributed by atoms with Gasteiger partial charge in [0.05, 0.1) is 11.6 Å². The zero-order valence-electron chi connectivity index (χ0n) is 19.5. The van der Waals surface area contributed by atoms with Crippen molar-refractivity contribution in [1.29, 1.82) is 5.26 Å². The van der Waals surface area contributed by atoms with E-state index >= 15 is 0 Å². The summed E-state index contributed by atoms with van der Waals surface area (Å²) < 4.78 is 0. The Morgan fingerprint density at radius 1 is 1.12 bits per heavy atom. The van der Waals surface area contributed by atoms with E-state index in [0.29, 0.717) is 42.5 Å². The Morgan fingerprint density at radius 2 is 1.82 bits per heavy atom. The lowest BCUT2D eigenvalue weighted by molar-refractivity contribution is -0.122. The van der Waals surface area contributed by atoms with Crippen LogP contribution >= 0.6 is 0 Å². The molecule has 1 aliphatic rings. The Balaban J connectivity index is 1.57. The number of pyridine rings is 1. The lowest BCUT2D eigenvalue weighted by Gasteiger charge is -2.37. The molecular formula is C27H32N4O2. The Kier molecular flexibility index (Phi) is 8.37. The second-order valence-corrected chi connectivity index (χ2v) is 9.15. The summed E-state index contributed by atoms with van der Waals surface area (Å²) in [4.78, 5) is 29.0. The van der Waals surface area contributed by atoms with Gasteiger partial charge in [0.25, 0.3) is 5.91 Å². The first-order chi connectivity index (χ1) is 15.9. The van der Waals surface area contributed by atoms with Gasteiger partial charge in [-0.05, 0) is 66.8 Å². The molecule has 0 radical (unpaired) electrons. The van der Waals surface area contributed by atoms with Crippen LogP contribution in [0.5, 0.6) is 0 Å². The first-order valence-electron chi connectivity index (χ1n) is 11.5. The highest BCUT2D eigenvalue weighted by Crippen LogP contribution is 2.38. The molecule has 3 atom stereocenters. The van der Waals surface area contributed by atoms with Gasteiger partial charge in [0, 0.05) is 37.5 Å². The number of nitrogens with zero attached hydrogens (tertiary/aromatic N) is 2. The first-order valence-corrected chi connectivity index (χ1v) is 11.5. The third kappa shape index (κ3) is 6.76. The van der Waals surface area contributed by atoms with Crippen LogP contribution in [0.2, 0.25) is 0 Å². The van der Waals surface area contributed by atoms with Gasteiger partial charge in [-0.25, -0.2) is 0 Å². The van der Waals surface area contributed by atoms with E-state index in [9.17, 15) is 9.59 Å². The number of carbonyl (C=O) groups excluding carboxylic acids is 2. The quantitative estimate of drug-likeness (QED) is 0.595. The van der Waals surface area contributed by atoms with E-state index in [1.807, 2.05) is 12.1 Å². The average Bonchev–Trinajstić information content (AvgIpc) is 2.83. The number of amides is 2. The van der Waals surface area contributed by atoms with Gasteiger partial charge in [0.15, 0.2) is 0 Å². The number of carbonyl (C=O) groups is 2. The van der Waals surface area contributed by atoms with Gasteiger partial charge in [-0.3, -0.25) is 14.6 Å². The zero-order chi connectivity index (χ0) is 23.8. The molecule has 2 N–H and O–H groups in total. The minimum Gasteiger partial charge on any atom is -0.352 e. The molecule has 0 fully saturated rings. The maximum Gasteiger partial charge on any atom is 0.251 e. The van der Waals surface area contributed by atoms with Crippen LogP contribution in [0.3, 0.4) is 0 Å². The van der Waals surface area contributed by atoms with Gasteiger partial charge >= 0.3 is 0 Å². The molecule has 1 heterocycles. The van der Waals surface area contributed by atoms with E-state index in [0.717, 1.165) is 12.0 Å². The SMILES string of the molecule is CC1=CC(CNC(=O)c2ccncc2)C(C(C)C)CC1CC(=O)NCc1ccc(C#N)cc1. The second kappa shape index (κ2) is 11.4. The molecule has 1 aromatic heterocycles. The third-order valence-electron chi connectivity index (χ3n) is 6.53. The minimum atomic E-state index is -0.0877. The predicted octanol–water partition coefficient (Wildman–Crippen LogP) is 4.24. The van der Waals surface area contributed by atoms with Crippen LogP contribution in [-0.4, -0.2) is 23.3 Å². The summed E-state index contributed by atoms with van der Waals surface area (Å²) in [6, 6.07) is 12.8. The van der Waals surface area contributed by atoms with E-state index in [2.05, 4.69) is 48.5 Å². The summed E-state index contributed by atoms with van der Waals surface area (Å²) in [6.07, 6.45) is 6.87. The number of hydrogen-bond donors (Lipinski definition) is 2. The lowest BCUT2D eigenvalue weighted by Crippen LogP contribution is -2.37. The summed E-state index contributed by atoms with van der Waals surface area (Å²) in [5.41, 5.74) is 3.41. The molecule has 0 spiro atoms. The van der Waals surface area contributed by atoms with Crippen molar-refractivity contribution < 1.29 is 9.59 Å². The fraction of sp³-hybridized carbons (Fsp3) is 0.407. The highest BCUT2D eigenvalue weighted by Gasteiger charge is 2.32. The maximum atomic E-state index is 12.6. The van der Waals surface area contributed by atoms with Crippen LogP contribution in [0.1, 0.15) is 55.1 Å². The highest BCUT2D eigenvalue weighted by molar-refractivity contribution is 5.93. The first kappa shape index (κ1) is 24.2. The smallest absolute Gasteiger partial charge is 0.251 e. The van der Waals surface area contributed by atoms with E-state index in [-0.39, 0.29) is 23.7 Å². The number of aromatic nitrogens is 1. The predicted molar refractivity (Wildman–Crippen MR) is 128 cm³/mol. The number of nitrogens with one attached hydrogen (secondary N) is 2. The van der Waals surface area contributed by atoms with Crippen molar-refractivity contribution in [2.45, 2.75) is 40.2 Å². The molecule has 0 saturated heterocycles. The summed E-state index contributed by atoms with van der Waals surface area (Å²) >= 11 is 0. The molecule has 1 aromatic carbocycles. The van der Waals surface area contributed by atoms with Crippen LogP contribution in [0.15, 0.2) is 60.4 Å². The molecule has 33 heavy (non-hydrogen) atoms. The van der Waals surface area contributed by atoms with Crippen molar-refractivity contribution in [2.75, 3.05) is 6.54 Å². The number of hydrogen-bond acceptors (Lipinski definition) is 4. The van der Waals surface area contributed by atoms with Gasteiger partial charge in [-0.1, -0.05) is 37.6 Å². The molecule has 1 aliphatic carbocycles. The molecule has 3 rings (SSSR count). The standard InChI is InChI=1S/C27H32N4O2/c1-18(2)25-13-23(14-26(32)30-16-21-6-4-20(15-28)5-7-21)19(3)12-24(25)17-31-27(33)22-8-10-29-11-9-22/h4-12,18,23-25H,13-14,16-17H2,1-3H3,(H,30,32)(H,31,33). The van der Waals surface area contributed by atoms with Crippen molar-refractivity contribution in [3.8, 4) is 6.07 Å². The molecule has 2 aromatic rings. The maximum absolute atomic E-state index is 12.6. The molecule has 6 heteroatoms. The van der Waals surface area contributed by atoms with E-state index in [1.165, 1.54) is 5.57 Å². The number of rotatable bonds is 8. The number of benzene rings is 1. The molecule has 0 bridgehead atoms. The second-order valence-electron chi connectivity index (χ2n) is 9.15. The third-order valence-corrected chi connectivity index (χ3v) is 6.53. The fourth-order valence-corrected chi connectivity index (χ4v) is 4.52. The normalized spacial score (nSPS) is 20.0. The van der Waals surface area contributed by atoms with E-state index < -0.39 is 0 Å². The highest BCUT2D eigenvalue weighted by atomic mass is 16.2.